The van der Waals surface area contributed by atoms with Crippen LogP contribution in [0, 0.1) is 11.2 Å². The number of carboxylic acid groups (broad SMARTS) is 1. The van der Waals surface area contributed by atoms with Crippen LogP contribution in [0.5, 0.6) is 11.5 Å². The molecule has 0 heterocycles. The molecule has 10 nitrogen and oxygen atoms in total. The van der Waals surface area contributed by atoms with E-state index in [9.17, 15) is 14.7 Å². The van der Waals surface area contributed by atoms with E-state index >= 15 is 4.39 Å². The average molecular weight is 510 g/mol. The van der Waals surface area contributed by atoms with Crippen molar-refractivity contribution in [2.75, 3.05) is 24.5 Å². The summed E-state index contributed by atoms with van der Waals surface area (Å²) in [6, 6.07) is 13.8. The van der Waals surface area contributed by atoms with Crippen LogP contribution in [0.3, 0.4) is 0 Å². The zero-order chi connectivity index (χ0) is 26.9. The van der Waals surface area contributed by atoms with Gasteiger partial charge in [-0.15, -0.1) is 0 Å². The second kappa shape index (κ2) is 12.2. The number of ether oxygens (including phenoxy) is 2. The van der Waals surface area contributed by atoms with Crippen LogP contribution in [0.4, 0.5) is 15.8 Å². The summed E-state index contributed by atoms with van der Waals surface area (Å²) in [4.78, 5) is 24.9. The maximum absolute atomic E-state index is 15.6. The fourth-order valence-corrected chi connectivity index (χ4v) is 3.41. The molecule has 0 aliphatic rings. The number of nitrogens with one attached hydrogen (secondary N) is 4. The van der Waals surface area contributed by atoms with Crippen LogP contribution < -0.4 is 31.4 Å². The highest BCUT2D eigenvalue weighted by molar-refractivity contribution is 5.96. The summed E-state index contributed by atoms with van der Waals surface area (Å²) in [5.41, 5.74) is 11.5. The minimum absolute atomic E-state index is 0.0602. The Hall–Kier alpha value is -4.80. The topological polar surface area (TPSA) is 159 Å². The zero-order valence-corrected chi connectivity index (χ0v) is 20.3. The van der Waals surface area contributed by atoms with Gasteiger partial charge in [0.15, 0.2) is 11.6 Å². The van der Waals surface area contributed by atoms with Gasteiger partial charge in [0, 0.05) is 22.9 Å². The Balaban J connectivity index is 1.99. The number of amides is 1. The number of anilines is 2. The molecular weight excluding hydrogens is 481 g/mol. The first-order chi connectivity index (χ1) is 17.7. The SMILES string of the molecule is CCCOc1cc(OC)cc(C(Nc2ccc(C(=N)N)cc2)C(=O)NNc2ccccc2C(=O)O)c1F. The van der Waals surface area contributed by atoms with E-state index < -0.39 is 23.7 Å². The Labute approximate surface area is 213 Å². The Morgan fingerprint density at radius 3 is 2.46 bits per heavy atom. The van der Waals surface area contributed by atoms with Crippen LogP contribution in [0.15, 0.2) is 60.7 Å². The molecule has 0 aliphatic heterocycles. The normalized spacial score (nSPS) is 11.2. The lowest BCUT2D eigenvalue weighted by molar-refractivity contribution is -0.121. The van der Waals surface area contributed by atoms with E-state index in [1.165, 1.54) is 31.4 Å². The number of carboxylic acids is 1. The third-order valence-corrected chi connectivity index (χ3v) is 5.30. The number of rotatable bonds is 12. The molecule has 0 spiro atoms. The van der Waals surface area contributed by atoms with Crippen LogP contribution in [-0.2, 0) is 4.79 Å². The largest absolute Gasteiger partial charge is 0.497 e. The summed E-state index contributed by atoms with van der Waals surface area (Å²) >= 11 is 0. The van der Waals surface area contributed by atoms with Gasteiger partial charge in [-0.2, -0.15) is 0 Å². The molecule has 0 fully saturated rings. The van der Waals surface area contributed by atoms with Gasteiger partial charge in [0.05, 0.1) is 25.0 Å². The number of hydrazine groups is 1. The van der Waals surface area contributed by atoms with Crippen molar-refractivity contribution in [3.63, 3.8) is 0 Å². The Kier molecular flexibility index (Phi) is 8.87. The molecule has 0 bridgehead atoms. The number of methoxy groups -OCH3 is 1. The predicted octanol–water partition coefficient (Wildman–Crippen LogP) is 3.90. The number of hydrogen-bond donors (Lipinski definition) is 6. The van der Waals surface area contributed by atoms with Gasteiger partial charge in [-0.1, -0.05) is 19.1 Å². The Bertz CT molecular complexity index is 1280. The summed E-state index contributed by atoms with van der Waals surface area (Å²) in [7, 11) is 1.41. The van der Waals surface area contributed by atoms with Crippen LogP contribution in [0.25, 0.3) is 0 Å². The highest BCUT2D eigenvalue weighted by Gasteiger charge is 2.27. The summed E-state index contributed by atoms with van der Waals surface area (Å²) < 4.78 is 26.4. The van der Waals surface area contributed by atoms with E-state index in [2.05, 4.69) is 16.2 Å². The summed E-state index contributed by atoms with van der Waals surface area (Å²) in [6.45, 7) is 2.13. The number of amidine groups is 1. The van der Waals surface area contributed by atoms with Crippen LogP contribution in [0.1, 0.15) is 40.9 Å². The number of carbonyl (C=O) groups excluding carboxylic acids is 1. The number of para-hydroxylation sites is 1. The molecule has 37 heavy (non-hydrogen) atoms. The first kappa shape index (κ1) is 26.8. The molecule has 1 unspecified atom stereocenters. The van der Waals surface area contributed by atoms with Crippen molar-refractivity contribution >= 4 is 29.1 Å². The van der Waals surface area contributed by atoms with Gasteiger partial charge in [0.2, 0.25) is 0 Å². The molecule has 0 radical (unpaired) electrons. The van der Waals surface area contributed by atoms with Crippen molar-refractivity contribution in [2.24, 2.45) is 5.73 Å². The Morgan fingerprint density at radius 2 is 1.84 bits per heavy atom. The van der Waals surface area contributed by atoms with Gasteiger partial charge < -0.3 is 25.6 Å². The highest BCUT2D eigenvalue weighted by Crippen LogP contribution is 2.33. The number of nitrogen functional groups attached to an aromatic ring is 1. The maximum atomic E-state index is 15.6. The maximum Gasteiger partial charge on any atom is 0.337 e. The number of benzene rings is 3. The number of halogens is 1. The molecule has 0 saturated carbocycles. The smallest absolute Gasteiger partial charge is 0.337 e. The second-order valence-electron chi connectivity index (χ2n) is 7.91. The Morgan fingerprint density at radius 1 is 1.14 bits per heavy atom. The molecule has 1 atom stereocenters. The number of aromatic carboxylic acids is 1. The van der Waals surface area contributed by atoms with Crippen molar-refractivity contribution in [1.82, 2.24) is 5.43 Å². The van der Waals surface area contributed by atoms with E-state index in [1.807, 2.05) is 6.92 Å². The highest BCUT2D eigenvalue weighted by atomic mass is 19.1. The average Bonchev–Trinajstić information content (AvgIpc) is 2.90. The number of carbonyl (C=O) groups is 2. The number of nitrogens with two attached hydrogens (primary N) is 1. The van der Waals surface area contributed by atoms with Crippen molar-refractivity contribution in [3.05, 3.63) is 83.2 Å². The standard InChI is InChI=1S/C26H28FN5O5/c1-3-12-37-21-14-17(36-2)13-19(22(21)27)23(30-16-10-8-15(9-11-16)24(28)29)25(33)32-31-20-7-5-4-6-18(20)26(34)35/h4-11,13-14,23,30-31H,3,12H2,1-2H3,(H3,28,29)(H,32,33)(H,34,35). The van der Waals surface area contributed by atoms with Crippen molar-refractivity contribution in [1.29, 1.82) is 5.41 Å². The molecule has 194 valence electrons. The third-order valence-electron chi connectivity index (χ3n) is 5.30. The summed E-state index contributed by atoms with van der Waals surface area (Å²) in [5, 5.41) is 19.9. The molecule has 3 aromatic rings. The molecule has 11 heteroatoms. The molecule has 7 N–H and O–H groups in total. The molecule has 3 rings (SSSR count). The number of hydrogen-bond acceptors (Lipinski definition) is 7. The van der Waals surface area contributed by atoms with Crippen LogP contribution in [0.2, 0.25) is 0 Å². The van der Waals surface area contributed by atoms with Gasteiger partial charge in [-0.05, 0) is 48.9 Å². The summed E-state index contributed by atoms with van der Waals surface area (Å²) in [6.07, 6.45) is 0.642. The van der Waals surface area contributed by atoms with E-state index in [1.54, 1.807) is 36.4 Å². The van der Waals surface area contributed by atoms with E-state index in [-0.39, 0.29) is 40.8 Å². The third kappa shape index (κ3) is 6.66. The first-order valence-corrected chi connectivity index (χ1v) is 11.3. The van der Waals surface area contributed by atoms with Gasteiger partial charge in [-0.3, -0.25) is 21.1 Å². The van der Waals surface area contributed by atoms with Crippen LogP contribution in [-0.4, -0.2) is 36.5 Å². The monoisotopic (exact) mass is 509 g/mol. The van der Waals surface area contributed by atoms with Crippen molar-refractivity contribution in [2.45, 2.75) is 19.4 Å². The zero-order valence-electron chi connectivity index (χ0n) is 20.3. The molecule has 0 saturated heterocycles. The minimum Gasteiger partial charge on any atom is -0.497 e. The minimum atomic E-state index is -1.30. The van der Waals surface area contributed by atoms with Crippen LogP contribution >= 0.6 is 0 Å². The molecule has 3 aromatic carbocycles. The first-order valence-electron chi connectivity index (χ1n) is 11.3. The predicted molar refractivity (Wildman–Crippen MR) is 138 cm³/mol. The van der Waals surface area contributed by atoms with Crippen molar-refractivity contribution in [3.8, 4) is 11.5 Å². The lowest BCUT2D eigenvalue weighted by Crippen LogP contribution is -2.38. The van der Waals surface area contributed by atoms with E-state index in [0.717, 1.165) is 0 Å². The second-order valence-corrected chi connectivity index (χ2v) is 7.91. The molecular formula is C26H28FN5O5. The molecule has 0 aromatic heterocycles. The van der Waals surface area contributed by atoms with E-state index in [4.69, 9.17) is 20.6 Å². The van der Waals surface area contributed by atoms with Gasteiger partial charge in [-0.25, -0.2) is 9.18 Å². The lowest BCUT2D eigenvalue weighted by atomic mass is 10.0. The molecule has 1 amide bonds. The fourth-order valence-electron chi connectivity index (χ4n) is 3.41. The summed E-state index contributed by atoms with van der Waals surface area (Å²) in [5.74, 6) is -2.59. The van der Waals surface area contributed by atoms with Gasteiger partial charge >= 0.3 is 5.97 Å². The van der Waals surface area contributed by atoms with Crippen molar-refractivity contribution < 1.29 is 28.6 Å². The van der Waals surface area contributed by atoms with E-state index in [0.29, 0.717) is 17.7 Å². The molecule has 0 aliphatic carbocycles. The quantitative estimate of drug-likeness (QED) is 0.122. The van der Waals surface area contributed by atoms with Gasteiger partial charge in [0.1, 0.15) is 17.6 Å². The fraction of sp³-hybridized carbons (Fsp3) is 0.192. The lowest BCUT2D eigenvalue weighted by Gasteiger charge is -2.23. The van der Waals surface area contributed by atoms with Gasteiger partial charge in [0.25, 0.3) is 5.91 Å².